The van der Waals surface area contributed by atoms with Crippen molar-refractivity contribution in [3.05, 3.63) is 188 Å². The maximum absolute atomic E-state index is 12.5. The Morgan fingerprint density at radius 1 is 0.830 bits per heavy atom. The van der Waals surface area contributed by atoms with Gasteiger partial charge in [-0.2, -0.15) is 0 Å². The summed E-state index contributed by atoms with van der Waals surface area (Å²) in [4.78, 5) is 12.5. The molecule has 4 aromatic carbocycles. The summed E-state index contributed by atoms with van der Waals surface area (Å²) in [6.45, 7) is 19.5. The fourth-order valence-electron chi connectivity index (χ4n) is 6.63. The van der Waals surface area contributed by atoms with Gasteiger partial charge in [0.2, 0.25) is 0 Å². The van der Waals surface area contributed by atoms with E-state index in [0.717, 1.165) is 60.1 Å². The first kappa shape index (κ1) is 40.8. The average Bonchev–Trinajstić information content (AvgIpc) is 3.15. The zero-order valence-corrected chi connectivity index (χ0v) is 33.5. The number of nitrogen functional groups attached to an aromatic ring is 1. The van der Waals surface area contributed by atoms with Gasteiger partial charge in [0.05, 0.1) is 0 Å². The highest BCUT2D eigenvalue weighted by atomic mass is 35.5. The number of ketones is 1. The van der Waals surface area contributed by atoms with Gasteiger partial charge in [0, 0.05) is 16.3 Å². The highest BCUT2D eigenvalue weighted by Crippen LogP contribution is 2.37. The van der Waals surface area contributed by atoms with Gasteiger partial charge in [-0.15, -0.1) is 0 Å². The van der Waals surface area contributed by atoms with E-state index < -0.39 is 0 Å². The molecule has 0 saturated carbocycles. The summed E-state index contributed by atoms with van der Waals surface area (Å²) in [7, 11) is 0. The first-order valence-electron chi connectivity index (χ1n) is 18.7. The van der Waals surface area contributed by atoms with Crippen LogP contribution in [0.4, 0.5) is 5.69 Å². The average molecular weight is 722 g/mol. The summed E-state index contributed by atoms with van der Waals surface area (Å²) in [6.07, 6.45) is 19.7. The minimum absolute atomic E-state index is 0.0245. The van der Waals surface area contributed by atoms with Crippen molar-refractivity contribution in [2.24, 2.45) is 0 Å². The van der Waals surface area contributed by atoms with Crippen LogP contribution in [0.25, 0.3) is 17.7 Å². The number of anilines is 1. The molecule has 5 rings (SSSR count). The summed E-state index contributed by atoms with van der Waals surface area (Å²) < 4.78 is 0. The van der Waals surface area contributed by atoms with Gasteiger partial charge in [0.1, 0.15) is 0 Å². The lowest BCUT2D eigenvalue weighted by Gasteiger charge is -2.23. The van der Waals surface area contributed by atoms with E-state index in [9.17, 15) is 4.79 Å². The van der Waals surface area contributed by atoms with E-state index in [4.69, 9.17) is 17.3 Å². The van der Waals surface area contributed by atoms with Crippen LogP contribution in [0.2, 0.25) is 5.02 Å². The predicted octanol–water partition coefficient (Wildman–Crippen LogP) is 14.1. The monoisotopic (exact) mass is 721 g/mol. The van der Waals surface area contributed by atoms with Crippen LogP contribution >= 0.6 is 11.6 Å². The number of carbonyl (C=O) groups excluding carboxylic acids is 1. The van der Waals surface area contributed by atoms with E-state index >= 15 is 0 Å². The van der Waals surface area contributed by atoms with E-state index in [2.05, 4.69) is 121 Å². The summed E-state index contributed by atoms with van der Waals surface area (Å²) in [5, 5.41) is 0.691. The molecule has 0 amide bonds. The van der Waals surface area contributed by atoms with Crippen LogP contribution in [0.5, 0.6) is 0 Å². The second-order valence-corrected chi connectivity index (χ2v) is 15.1. The molecule has 0 fully saturated rings. The zero-order valence-electron chi connectivity index (χ0n) is 32.7. The Morgan fingerprint density at radius 3 is 2.17 bits per heavy atom. The van der Waals surface area contributed by atoms with Gasteiger partial charge in [0.15, 0.2) is 5.78 Å². The number of benzene rings is 4. The fourth-order valence-corrected chi connectivity index (χ4v) is 6.76. The molecule has 0 aliphatic heterocycles. The maximum Gasteiger partial charge on any atom is 0.186 e. The third-order valence-corrected chi connectivity index (χ3v) is 10.1. The first-order valence-corrected chi connectivity index (χ1v) is 19.1. The fraction of sp³-hybridized carbons (Fsp3) is 0.260. The van der Waals surface area contributed by atoms with Crippen LogP contribution in [0.15, 0.2) is 133 Å². The molecular formula is C50H56ClNO. The molecule has 0 spiro atoms. The Labute approximate surface area is 324 Å². The molecule has 0 bridgehead atoms. The molecule has 1 atom stereocenters. The van der Waals surface area contributed by atoms with Crippen LogP contribution in [-0.4, -0.2) is 5.78 Å². The van der Waals surface area contributed by atoms with E-state index in [1.165, 1.54) is 50.1 Å². The van der Waals surface area contributed by atoms with E-state index in [-0.39, 0.29) is 5.78 Å². The van der Waals surface area contributed by atoms with Gasteiger partial charge in [-0.3, -0.25) is 4.79 Å². The number of nitrogens with two attached hydrogens (primary N) is 1. The van der Waals surface area contributed by atoms with Crippen LogP contribution in [0.1, 0.15) is 115 Å². The van der Waals surface area contributed by atoms with Crippen molar-refractivity contribution in [1.82, 2.24) is 0 Å². The van der Waals surface area contributed by atoms with Crippen LogP contribution in [0.3, 0.4) is 0 Å². The lowest BCUT2D eigenvalue weighted by molar-refractivity contribution is 0.104. The van der Waals surface area contributed by atoms with Crippen molar-refractivity contribution in [2.45, 2.75) is 86.5 Å². The lowest BCUT2D eigenvalue weighted by Crippen LogP contribution is -2.07. The number of fused-ring (bicyclic) bond motifs is 1. The van der Waals surface area contributed by atoms with Crippen molar-refractivity contribution >= 4 is 40.8 Å². The van der Waals surface area contributed by atoms with Crippen molar-refractivity contribution in [1.29, 1.82) is 0 Å². The third-order valence-electron chi connectivity index (χ3n) is 9.84. The molecule has 1 aliphatic rings. The molecule has 0 heterocycles. The number of hydrogen-bond acceptors (Lipinski definition) is 2. The summed E-state index contributed by atoms with van der Waals surface area (Å²) in [5.74, 6) is 0.419. The summed E-state index contributed by atoms with van der Waals surface area (Å²) in [5.41, 5.74) is 22.8. The van der Waals surface area contributed by atoms with Gasteiger partial charge in [-0.05, 0) is 148 Å². The molecule has 2 N–H and O–H groups in total. The van der Waals surface area contributed by atoms with Crippen LogP contribution < -0.4 is 5.73 Å². The van der Waals surface area contributed by atoms with Crippen LogP contribution in [0, 0.1) is 13.8 Å². The molecule has 2 nitrogen and oxygen atoms in total. The normalized spacial score (nSPS) is 16.6. The molecule has 0 aromatic heterocycles. The SMILES string of the molecule is C=C(/C=C/c1ccc(C)cc1)c1ccc(N)c2c1C(C)C/C(C)=C\CC/C(C)=C/C2.CC(C)=CCc1cccc(C(=O)/C=C/c2ccc(Cl)cc2)c1C. The van der Waals surface area contributed by atoms with Crippen molar-refractivity contribution in [3.63, 3.8) is 0 Å². The second-order valence-electron chi connectivity index (χ2n) is 14.6. The molecular weight excluding hydrogens is 666 g/mol. The Bertz CT molecular complexity index is 2050. The molecule has 1 aliphatic carbocycles. The quantitative estimate of drug-likeness (QED) is 0.0647. The van der Waals surface area contributed by atoms with Crippen molar-refractivity contribution < 1.29 is 4.79 Å². The zero-order chi connectivity index (χ0) is 38.5. The molecule has 4 aromatic rings. The van der Waals surface area contributed by atoms with Gasteiger partial charge in [0.25, 0.3) is 0 Å². The number of hydrogen-bond donors (Lipinski definition) is 1. The molecule has 0 radical (unpaired) electrons. The standard InChI is InChI=1S/C29H35N.C21H21ClO/c1-20-7-6-8-22(3)19-24(5)29-26(17-18-28(30)27(29)16-11-20)23(4)12-15-25-13-9-21(2)10-14-25;1-15(2)7-11-18-5-4-6-20(16(18)3)21(23)14-10-17-8-12-19(22)13-9-17/h8-15,17-18,24H,4,6-7,16,19,30H2,1-3,5H3;4-10,12-14H,11H2,1-3H3/b15-12+,20-11+,22-8-;14-10+. The van der Waals surface area contributed by atoms with Crippen LogP contribution in [-0.2, 0) is 12.8 Å². The highest BCUT2D eigenvalue weighted by molar-refractivity contribution is 6.30. The minimum atomic E-state index is 0.0245. The molecule has 0 saturated heterocycles. The largest absolute Gasteiger partial charge is 0.398 e. The number of halogens is 1. The Kier molecular flexibility index (Phi) is 15.2. The predicted molar refractivity (Wildman–Crippen MR) is 233 cm³/mol. The number of aryl methyl sites for hydroxylation is 1. The van der Waals surface area contributed by atoms with Gasteiger partial charge < -0.3 is 5.73 Å². The van der Waals surface area contributed by atoms with E-state index in [1.807, 2.05) is 49.4 Å². The third kappa shape index (κ3) is 12.3. The number of allylic oxidation sites excluding steroid dienone is 9. The van der Waals surface area contributed by atoms with Gasteiger partial charge >= 0.3 is 0 Å². The number of rotatable bonds is 8. The van der Waals surface area contributed by atoms with E-state index in [1.54, 1.807) is 6.08 Å². The molecule has 1 unspecified atom stereocenters. The molecule has 3 heteroatoms. The van der Waals surface area contributed by atoms with Crippen molar-refractivity contribution in [3.8, 4) is 0 Å². The van der Waals surface area contributed by atoms with E-state index in [0.29, 0.717) is 10.9 Å². The minimum Gasteiger partial charge on any atom is -0.398 e. The second kappa shape index (κ2) is 19.8. The summed E-state index contributed by atoms with van der Waals surface area (Å²) >= 11 is 5.86. The Morgan fingerprint density at radius 2 is 1.49 bits per heavy atom. The van der Waals surface area contributed by atoms with Crippen molar-refractivity contribution in [2.75, 3.05) is 5.73 Å². The molecule has 274 valence electrons. The number of carbonyl (C=O) groups is 1. The lowest BCUT2D eigenvalue weighted by atomic mass is 9.83. The first-order chi connectivity index (χ1) is 25.3. The smallest absolute Gasteiger partial charge is 0.186 e. The molecule has 53 heavy (non-hydrogen) atoms. The van der Waals surface area contributed by atoms with Gasteiger partial charge in [-0.25, -0.2) is 0 Å². The topological polar surface area (TPSA) is 43.1 Å². The Balaban J connectivity index is 0.000000245. The summed E-state index contributed by atoms with van der Waals surface area (Å²) in [6, 6.07) is 26.1. The highest BCUT2D eigenvalue weighted by Gasteiger charge is 2.19. The maximum atomic E-state index is 12.5. The Hall–Kier alpha value is -4.92. The van der Waals surface area contributed by atoms with Gasteiger partial charge in [-0.1, -0.05) is 145 Å².